The molecule has 0 aromatic heterocycles. The van der Waals surface area contributed by atoms with Crippen molar-refractivity contribution < 1.29 is 9.47 Å². The van der Waals surface area contributed by atoms with Crippen LogP contribution in [0.2, 0.25) is 0 Å². The summed E-state index contributed by atoms with van der Waals surface area (Å²) in [6.45, 7) is 8.30. The molecule has 2 bridgehead atoms. The molecule has 3 rings (SSSR count). The Hall–Kier alpha value is -0.120. The molecule has 0 aromatic carbocycles. The van der Waals surface area contributed by atoms with Gasteiger partial charge in [-0.25, -0.2) is 0 Å². The number of hydrogen-bond donors (Lipinski definition) is 0. The van der Waals surface area contributed by atoms with Crippen molar-refractivity contribution in [3.8, 4) is 0 Å². The molecular weight excluding hydrogens is 166 g/mol. The summed E-state index contributed by atoms with van der Waals surface area (Å²) in [4.78, 5) is 2.45. The summed E-state index contributed by atoms with van der Waals surface area (Å²) in [7, 11) is 0. The van der Waals surface area contributed by atoms with Gasteiger partial charge in [-0.05, 0) is 13.8 Å². The fourth-order valence-corrected chi connectivity index (χ4v) is 2.04. The largest absolute Gasteiger partial charge is 0.377 e. The highest BCUT2D eigenvalue weighted by Gasteiger charge is 2.37. The van der Waals surface area contributed by atoms with Crippen molar-refractivity contribution >= 4 is 0 Å². The van der Waals surface area contributed by atoms with Gasteiger partial charge in [0.1, 0.15) is 0 Å². The number of hydrogen-bond acceptors (Lipinski definition) is 3. The average molecular weight is 185 g/mol. The molecule has 13 heavy (non-hydrogen) atoms. The van der Waals surface area contributed by atoms with E-state index in [-0.39, 0.29) is 0 Å². The summed E-state index contributed by atoms with van der Waals surface area (Å²) in [5, 5.41) is 0. The average Bonchev–Trinajstić information content (AvgIpc) is 2.02. The lowest BCUT2D eigenvalue weighted by Crippen LogP contribution is -2.57. The maximum atomic E-state index is 5.55. The standard InChI is InChI=1S/C10H19NO2/c1-8(2)12-4-3-11-6-9-5-10(7-11)13-9/h8-10H,3-7H2,1-2H3. The van der Waals surface area contributed by atoms with Gasteiger partial charge < -0.3 is 9.47 Å². The van der Waals surface area contributed by atoms with Crippen LogP contribution in [0.25, 0.3) is 0 Å². The highest BCUT2D eigenvalue weighted by molar-refractivity contribution is 4.88. The Bertz CT molecular complexity index is 156. The molecule has 3 nitrogen and oxygen atoms in total. The van der Waals surface area contributed by atoms with Crippen molar-refractivity contribution in [1.29, 1.82) is 0 Å². The van der Waals surface area contributed by atoms with Crippen molar-refractivity contribution in [1.82, 2.24) is 4.90 Å². The van der Waals surface area contributed by atoms with Gasteiger partial charge in [-0.2, -0.15) is 0 Å². The van der Waals surface area contributed by atoms with E-state index in [4.69, 9.17) is 9.47 Å². The Kier molecular flexibility index (Phi) is 2.86. The molecule has 3 aliphatic rings. The van der Waals surface area contributed by atoms with Gasteiger partial charge in [0.25, 0.3) is 0 Å². The van der Waals surface area contributed by atoms with E-state index in [1.165, 1.54) is 6.42 Å². The summed E-state index contributed by atoms with van der Waals surface area (Å²) in [6.07, 6.45) is 2.69. The Morgan fingerprint density at radius 1 is 1.38 bits per heavy atom. The van der Waals surface area contributed by atoms with Crippen molar-refractivity contribution in [3.63, 3.8) is 0 Å². The molecule has 0 N–H and O–H groups in total. The van der Waals surface area contributed by atoms with E-state index in [0.717, 1.165) is 26.2 Å². The number of nitrogens with zero attached hydrogens (tertiary/aromatic N) is 1. The van der Waals surface area contributed by atoms with E-state index in [9.17, 15) is 0 Å². The van der Waals surface area contributed by atoms with Gasteiger partial charge in [-0.1, -0.05) is 0 Å². The van der Waals surface area contributed by atoms with E-state index in [0.29, 0.717) is 18.3 Å². The molecule has 2 unspecified atom stereocenters. The fraction of sp³-hybridized carbons (Fsp3) is 1.00. The third-order valence-corrected chi connectivity index (χ3v) is 2.69. The van der Waals surface area contributed by atoms with Gasteiger partial charge in [-0.15, -0.1) is 0 Å². The first-order chi connectivity index (χ1) is 6.24. The number of fused-ring (bicyclic) bond motifs is 2. The molecule has 3 aliphatic heterocycles. The van der Waals surface area contributed by atoms with Crippen LogP contribution < -0.4 is 0 Å². The predicted molar refractivity (Wildman–Crippen MR) is 50.8 cm³/mol. The van der Waals surface area contributed by atoms with Gasteiger partial charge in [0, 0.05) is 26.1 Å². The normalized spacial score (nSPS) is 33.5. The van der Waals surface area contributed by atoms with Gasteiger partial charge in [-0.3, -0.25) is 4.90 Å². The lowest BCUT2D eigenvalue weighted by molar-refractivity contribution is -0.182. The van der Waals surface area contributed by atoms with Crippen molar-refractivity contribution in [2.24, 2.45) is 0 Å². The van der Waals surface area contributed by atoms with Crippen molar-refractivity contribution in [2.45, 2.75) is 38.6 Å². The highest BCUT2D eigenvalue weighted by atomic mass is 16.5. The topological polar surface area (TPSA) is 21.7 Å². The minimum atomic E-state index is 0.357. The van der Waals surface area contributed by atoms with E-state index in [1.807, 2.05) is 0 Å². The molecule has 0 aliphatic carbocycles. The minimum Gasteiger partial charge on any atom is -0.377 e. The lowest BCUT2D eigenvalue weighted by atomic mass is 9.99. The molecule has 0 amide bonds. The molecule has 0 aromatic rings. The van der Waals surface area contributed by atoms with Gasteiger partial charge in [0.05, 0.1) is 24.9 Å². The summed E-state index contributed by atoms with van der Waals surface area (Å²) in [5.41, 5.74) is 0. The van der Waals surface area contributed by atoms with E-state index in [1.54, 1.807) is 0 Å². The summed E-state index contributed by atoms with van der Waals surface area (Å²) >= 11 is 0. The zero-order valence-electron chi connectivity index (χ0n) is 8.53. The van der Waals surface area contributed by atoms with Crippen molar-refractivity contribution in [3.05, 3.63) is 0 Å². The molecular formula is C10H19NO2. The van der Waals surface area contributed by atoms with Crippen molar-refractivity contribution in [2.75, 3.05) is 26.2 Å². The van der Waals surface area contributed by atoms with Crippen LogP contribution in [-0.4, -0.2) is 49.5 Å². The number of morpholine rings is 1. The number of piperidine rings is 1. The quantitative estimate of drug-likeness (QED) is 0.649. The predicted octanol–water partition coefficient (Wildman–Crippen LogP) is 0.885. The number of ether oxygens (including phenoxy) is 2. The molecule has 0 spiro atoms. The highest BCUT2D eigenvalue weighted by Crippen LogP contribution is 2.27. The fourth-order valence-electron chi connectivity index (χ4n) is 2.04. The Balaban J connectivity index is 1.60. The van der Waals surface area contributed by atoms with Crippen LogP contribution >= 0.6 is 0 Å². The zero-order valence-corrected chi connectivity index (χ0v) is 8.53. The second-order valence-electron chi connectivity index (χ2n) is 4.29. The Morgan fingerprint density at radius 3 is 2.54 bits per heavy atom. The minimum absolute atomic E-state index is 0.357. The summed E-state index contributed by atoms with van der Waals surface area (Å²) in [5.74, 6) is 0. The Morgan fingerprint density at radius 2 is 2.00 bits per heavy atom. The van der Waals surface area contributed by atoms with Crippen LogP contribution in [0.3, 0.4) is 0 Å². The van der Waals surface area contributed by atoms with Gasteiger partial charge in [0.2, 0.25) is 0 Å². The number of rotatable bonds is 4. The molecule has 3 heterocycles. The molecule has 2 atom stereocenters. The second-order valence-corrected chi connectivity index (χ2v) is 4.29. The van der Waals surface area contributed by atoms with Gasteiger partial charge >= 0.3 is 0 Å². The van der Waals surface area contributed by atoms with Gasteiger partial charge in [0.15, 0.2) is 0 Å². The van der Waals surface area contributed by atoms with Crippen LogP contribution in [0, 0.1) is 0 Å². The first-order valence-electron chi connectivity index (χ1n) is 5.23. The van der Waals surface area contributed by atoms with E-state index in [2.05, 4.69) is 18.7 Å². The lowest BCUT2D eigenvalue weighted by Gasteiger charge is -2.47. The monoisotopic (exact) mass is 185 g/mol. The van der Waals surface area contributed by atoms with Crippen LogP contribution in [-0.2, 0) is 9.47 Å². The van der Waals surface area contributed by atoms with Crippen LogP contribution in [0.5, 0.6) is 0 Å². The molecule has 0 radical (unpaired) electrons. The van der Waals surface area contributed by atoms with E-state index >= 15 is 0 Å². The second kappa shape index (κ2) is 3.95. The summed E-state index contributed by atoms with van der Waals surface area (Å²) < 4.78 is 11.1. The zero-order chi connectivity index (χ0) is 9.26. The van der Waals surface area contributed by atoms with Crippen LogP contribution in [0.4, 0.5) is 0 Å². The molecule has 3 fully saturated rings. The van der Waals surface area contributed by atoms with Crippen LogP contribution in [0.1, 0.15) is 20.3 Å². The Labute approximate surface area is 80.0 Å². The maximum Gasteiger partial charge on any atom is 0.0731 e. The molecule has 3 heteroatoms. The first-order valence-corrected chi connectivity index (χ1v) is 5.23. The first kappa shape index (κ1) is 9.44. The SMILES string of the molecule is CC(C)OCCN1CC2CC(C1)O2. The maximum absolute atomic E-state index is 5.55. The van der Waals surface area contributed by atoms with Crippen LogP contribution in [0.15, 0.2) is 0 Å². The smallest absolute Gasteiger partial charge is 0.0731 e. The molecule has 76 valence electrons. The third kappa shape index (κ3) is 2.42. The molecule has 3 saturated heterocycles. The molecule has 0 saturated carbocycles. The summed E-state index contributed by atoms with van der Waals surface area (Å²) in [6, 6.07) is 0. The van der Waals surface area contributed by atoms with E-state index < -0.39 is 0 Å². The third-order valence-electron chi connectivity index (χ3n) is 2.69.